The molecule has 0 aliphatic carbocycles. The molecular weight excluding hydrogens is 334 g/mol. The van der Waals surface area contributed by atoms with Gasteiger partial charge in [0.15, 0.2) is 5.82 Å². The fraction of sp³-hybridized carbons (Fsp3) is 0.353. The van der Waals surface area contributed by atoms with E-state index in [-0.39, 0.29) is 30.2 Å². The summed E-state index contributed by atoms with van der Waals surface area (Å²) in [7, 11) is 0. The van der Waals surface area contributed by atoms with Gasteiger partial charge in [0, 0.05) is 5.69 Å². The lowest BCUT2D eigenvalue weighted by Crippen LogP contribution is -2.32. The molecule has 0 radical (unpaired) electrons. The van der Waals surface area contributed by atoms with Crippen molar-refractivity contribution in [2.75, 3.05) is 11.1 Å². The van der Waals surface area contributed by atoms with Crippen molar-refractivity contribution in [1.82, 2.24) is 25.2 Å². The Bertz CT molecular complexity index is 840. The van der Waals surface area contributed by atoms with Crippen molar-refractivity contribution in [3.05, 3.63) is 35.7 Å². The van der Waals surface area contributed by atoms with E-state index in [4.69, 9.17) is 5.73 Å². The Balaban J connectivity index is 1.79. The van der Waals surface area contributed by atoms with Crippen LogP contribution in [0.2, 0.25) is 0 Å². The monoisotopic (exact) mass is 355 g/mol. The smallest absolute Gasteiger partial charge is 0.325 e. The number of hydrogen-bond acceptors (Lipinski definition) is 7. The summed E-state index contributed by atoms with van der Waals surface area (Å²) in [6.45, 7) is 3.85. The van der Waals surface area contributed by atoms with Crippen molar-refractivity contribution in [1.29, 1.82) is 0 Å². The zero-order valence-corrected chi connectivity index (χ0v) is 14.7. The molecule has 1 aliphatic heterocycles. The van der Waals surface area contributed by atoms with Gasteiger partial charge in [0.25, 0.3) is 5.91 Å². The average Bonchev–Trinajstić information content (AvgIpc) is 2.84. The minimum atomic E-state index is -0.490. The molecule has 3 amide bonds. The predicted molar refractivity (Wildman–Crippen MR) is 96.5 cm³/mol. The maximum atomic E-state index is 12.3. The van der Waals surface area contributed by atoms with Crippen molar-refractivity contribution in [2.24, 2.45) is 0 Å². The molecule has 0 spiro atoms. The van der Waals surface area contributed by atoms with Gasteiger partial charge in [0.05, 0.1) is 6.54 Å². The van der Waals surface area contributed by atoms with Gasteiger partial charge in [-0.1, -0.05) is 31.5 Å². The van der Waals surface area contributed by atoms with E-state index in [9.17, 15) is 9.59 Å². The molecule has 1 aromatic carbocycles. The maximum Gasteiger partial charge on any atom is 0.325 e. The number of aromatic nitrogens is 3. The van der Waals surface area contributed by atoms with Crippen LogP contribution >= 0.6 is 0 Å². The molecule has 0 bridgehead atoms. The van der Waals surface area contributed by atoms with Crippen molar-refractivity contribution in [3.63, 3.8) is 0 Å². The van der Waals surface area contributed by atoms with Crippen LogP contribution < -0.4 is 16.4 Å². The fourth-order valence-corrected chi connectivity index (χ4v) is 2.75. The van der Waals surface area contributed by atoms with Crippen molar-refractivity contribution < 1.29 is 9.59 Å². The number of nitrogens with one attached hydrogen (secondary N) is 2. The molecule has 136 valence electrons. The number of imide groups is 1. The summed E-state index contributed by atoms with van der Waals surface area (Å²) < 4.78 is 0. The lowest BCUT2D eigenvalue weighted by atomic mass is 10.2. The van der Waals surface area contributed by atoms with Gasteiger partial charge in [-0.3, -0.25) is 9.69 Å². The minimum absolute atomic E-state index is 0.0169. The fourth-order valence-electron chi connectivity index (χ4n) is 2.75. The molecule has 4 N–H and O–H groups in total. The molecular formula is C17H21N7O2. The van der Waals surface area contributed by atoms with E-state index in [0.717, 1.165) is 22.6 Å². The summed E-state index contributed by atoms with van der Waals surface area (Å²) in [6.07, 6.45) is 1.40. The van der Waals surface area contributed by atoms with E-state index < -0.39 is 12.1 Å². The topological polar surface area (TPSA) is 126 Å². The van der Waals surface area contributed by atoms with Crippen molar-refractivity contribution >= 4 is 29.5 Å². The normalized spacial score (nSPS) is 16.7. The first-order valence-electron chi connectivity index (χ1n) is 8.43. The number of rotatable bonds is 6. The van der Waals surface area contributed by atoms with E-state index in [1.54, 1.807) is 0 Å². The van der Waals surface area contributed by atoms with Gasteiger partial charge < -0.3 is 16.4 Å². The highest BCUT2D eigenvalue weighted by Gasteiger charge is 2.37. The van der Waals surface area contributed by atoms with E-state index in [1.165, 1.54) is 0 Å². The number of carbonyl (C=O) groups excluding carboxylic acids is 2. The van der Waals surface area contributed by atoms with Crippen LogP contribution in [0.5, 0.6) is 0 Å². The number of nitrogen functional groups attached to an aromatic ring is 1. The third-order valence-electron chi connectivity index (χ3n) is 4.07. The second kappa shape index (κ2) is 7.34. The molecule has 0 saturated carbocycles. The molecule has 9 heteroatoms. The number of nitrogens with zero attached hydrogens (tertiary/aromatic N) is 4. The van der Waals surface area contributed by atoms with Gasteiger partial charge in [-0.15, -0.1) is 0 Å². The van der Waals surface area contributed by atoms with Crippen LogP contribution in [0.4, 0.5) is 22.4 Å². The summed E-state index contributed by atoms with van der Waals surface area (Å²) in [6, 6.07) is 6.73. The Morgan fingerprint density at radius 1 is 1.23 bits per heavy atom. The Hall–Kier alpha value is -3.23. The largest absolute Gasteiger partial charge is 0.368 e. The molecule has 9 nitrogen and oxygen atoms in total. The molecule has 2 aromatic rings. The third-order valence-corrected chi connectivity index (χ3v) is 4.07. The molecule has 2 heterocycles. The highest BCUT2D eigenvalue weighted by Crippen LogP contribution is 2.19. The first-order chi connectivity index (χ1) is 12.5. The Morgan fingerprint density at radius 3 is 2.73 bits per heavy atom. The lowest BCUT2D eigenvalue weighted by Gasteiger charge is -2.13. The Kier molecular flexibility index (Phi) is 4.97. The number of benzene rings is 1. The predicted octanol–water partition coefficient (Wildman–Crippen LogP) is 1.73. The Labute approximate surface area is 151 Å². The molecule has 1 fully saturated rings. The average molecular weight is 355 g/mol. The molecule has 1 saturated heterocycles. The maximum absolute atomic E-state index is 12.3. The van der Waals surface area contributed by atoms with Gasteiger partial charge in [-0.25, -0.2) is 4.79 Å². The quantitative estimate of drug-likeness (QED) is 0.674. The number of aryl methyl sites for hydroxylation is 1. The van der Waals surface area contributed by atoms with Crippen molar-refractivity contribution in [3.8, 4) is 0 Å². The molecule has 1 aliphatic rings. The van der Waals surface area contributed by atoms with Crippen LogP contribution in [0.25, 0.3) is 0 Å². The summed E-state index contributed by atoms with van der Waals surface area (Å²) >= 11 is 0. The second-order valence-corrected chi connectivity index (χ2v) is 6.09. The number of carbonyl (C=O) groups is 2. The highest BCUT2D eigenvalue weighted by molar-refractivity contribution is 6.04. The lowest BCUT2D eigenvalue weighted by molar-refractivity contribution is -0.128. The minimum Gasteiger partial charge on any atom is -0.368 e. The zero-order chi connectivity index (χ0) is 18.7. The van der Waals surface area contributed by atoms with Crippen LogP contribution in [-0.2, 0) is 11.3 Å². The number of para-hydroxylation sites is 1. The van der Waals surface area contributed by atoms with Crippen LogP contribution in [0.15, 0.2) is 24.3 Å². The van der Waals surface area contributed by atoms with Gasteiger partial charge in [0.2, 0.25) is 11.9 Å². The van der Waals surface area contributed by atoms with Gasteiger partial charge >= 0.3 is 6.03 Å². The summed E-state index contributed by atoms with van der Waals surface area (Å²) in [5.41, 5.74) is 7.62. The summed E-state index contributed by atoms with van der Waals surface area (Å²) in [4.78, 5) is 37.9. The Morgan fingerprint density at radius 2 is 2.00 bits per heavy atom. The van der Waals surface area contributed by atoms with Crippen LogP contribution in [0.3, 0.4) is 0 Å². The molecule has 3 rings (SSSR count). The van der Waals surface area contributed by atoms with E-state index in [2.05, 4.69) is 25.6 Å². The second-order valence-electron chi connectivity index (χ2n) is 6.09. The first kappa shape index (κ1) is 17.6. The van der Waals surface area contributed by atoms with Gasteiger partial charge in [-0.2, -0.15) is 15.0 Å². The van der Waals surface area contributed by atoms with E-state index in [1.807, 2.05) is 38.1 Å². The highest BCUT2D eigenvalue weighted by atomic mass is 16.2. The molecule has 0 unspecified atom stereocenters. The first-order valence-corrected chi connectivity index (χ1v) is 8.43. The number of amides is 3. The molecule has 1 aromatic heterocycles. The number of urea groups is 1. The zero-order valence-electron chi connectivity index (χ0n) is 14.7. The molecule has 26 heavy (non-hydrogen) atoms. The SMILES string of the molecule is CCC[C@@H]1NC(=O)N(Cc2nc(N)nc(Nc3ccccc3C)n2)C1=O. The van der Waals surface area contributed by atoms with Crippen molar-refractivity contribution in [2.45, 2.75) is 39.3 Å². The molecule has 1 atom stereocenters. The standard InChI is InChI=1S/C17H21N7O2/c1-3-6-12-14(25)24(17(26)20-12)9-13-21-15(18)23-16(22-13)19-11-8-5-4-7-10(11)2/h4-5,7-8,12H,3,6,9H2,1-2H3,(H,20,26)(H3,18,19,21,22,23)/t12-/m0/s1. The summed E-state index contributed by atoms with van der Waals surface area (Å²) in [5, 5.41) is 5.75. The van der Waals surface area contributed by atoms with Crippen LogP contribution in [0.1, 0.15) is 31.2 Å². The number of anilines is 3. The van der Waals surface area contributed by atoms with Crippen LogP contribution in [0, 0.1) is 6.92 Å². The van der Waals surface area contributed by atoms with Gasteiger partial charge in [-0.05, 0) is 25.0 Å². The third kappa shape index (κ3) is 3.71. The van der Waals surface area contributed by atoms with Gasteiger partial charge in [0.1, 0.15) is 6.04 Å². The van der Waals surface area contributed by atoms with E-state index >= 15 is 0 Å². The van der Waals surface area contributed by atoms with E-state index in [0.29, 0.717) is 6.42 Å². The summed E-state index contributed by atoms with van der Waals surface area (Å²) in [5.74, 6) is 0.251. The number of hydrogen-bond donors (Lipinski definition) is 3. The van der Waals surface area contributed by atoms with Crippen LogP contribution in [-0.4, -0.2) is 37.8 Å². The number of nitrogens with two attached hydrogens (primary N) is 1.